The Bertz CT molecular complexity index is 510. The van der Waals surface area contributed by atoms with E-state index in [1.807, 2.05) is 13.2 Å². The van der Waals surface area contributed by atoms with Gasteiger partial charge < -0.3 is 5.32 Å². The Morgan fingerprint density at radius 1 is 1.47 bits per heavy atom. The highest BCUT2D eigenvalue weighted by atomic mass is 79.9. The number of nitrogens with one attached hydrogen (secondary N) is 1. The van der Waals surface area contributed by atoms with Crippen molar-refractivity contribution in [1.29, 1.82) is 0 Å². The Balaban J connectivity index is 2.16. The van der Waals surface area contributed by atoms with E-state index in [1.54, 1.807) is 23.0 Å². The lowest BCUT2D eigenvalue weighted by Crippen LogP contribution is -2.05. The summed E-state index contributed by atoms with van der Waals surface area (Å²) in [6.07, 6.45) is 3.70. The van der Waals surface area contributed by atoms with Gasteiger partial charge in [0, 0.05) is 28.3 Å². The molecule has 2 aromatic rings. The Morgan fingerprint density at radius 3 is 3.06 bits per heavy atom. The number of rotatable bonds is 4. The van der Waals surface area contributed by atoms with E-state index in [0.717, 1.165) is 16.6 Å². The third kappa shape index (κ3) is 3.14. The van der Waals surface area contributed by atoms with E-state index in [-0.39, 0.29) is 5.82 Å². The predicted molar refractivity (Wildman–Crippen MR) is 68.2 cm³/mol. The smallest absolute Gasteiger partial charge is 0.128 e. The zero-order chi connectivity index (χ0) is 12.3. The van der Waals surface area contributed by atoms with Crippen LogP contribution in [0, 0.1) is 5.82 Å². The predicted octanol–water partition coefficient (Wildman–Crippen LogP) is 2.55. The summed E-state index contributed by atoms with van der Waals surface area (Å²) in [6.45, 7) is 1.20. The van der Waals surface area contributed by atoms with Crippen molar-refractivity contribution in [2.75, 3.05) is 7.05 Å². The summed E-state index contributed by atoms with van der Waals surface area (Å²) in [5, 5.41) is 7.24. The molecule has 0 aliphatic carbocycles. The van der Waals surface area contributed by atoms with Gasteiger partial charge in [-0.25, -0.2) is 4.39 Å². The van der Waals surface area contributed by atoms with Gasteiger partial charge in [0.2, 0.25) is 0 Å². The van der Waals surface area contributed by atoms with E-state index < -0.39 is 0 Å². The van der Waals surface area contributed by atoms with Crippen LogP contribution < -0.4 is 5.32 Å². The van der Waals surface area contributed by atoms with Crippen LogP contribution in [0.15, 0.2) is 35.1 Å². The van der Waals surface area contributed by atoms with E-state index in [4.69, 9.17) is 0 Å². The van der Waals surface area contributed by atoms with E-state index >= 15 is 0 Å². The quantitative estimate of drug-likeness (QED) is 0.940. The van der Waals surface area contributed by atoms with Gasteiger partial charge in [0.15, 0.2) is 0 Å². The molecule has 2 rings (SSSR count). The molecule has 1 aromatic heterocycles. The van der Waals surface area contributed by atoms with Crippen molar-refractivity contribution in [3.8, 4) is 0 Å². The summed E-state index contributed by atoms with van der Waals surface area (Å²) in [6, 6.07) is 4.92. The number of benzene rings is 1. The molecule has 0 saturated carbocycles. The molecule has 0 saturated heterocycles. The van der Waals surface area contributed by atoms with Crippen LogP contribution in [-0.4, -0.2) is 16.8 Å². The molecule has 0 spiro atoms. The van der Waals surface area contributed by atoms with E-state index in [1.165, 1.54) is 6.07 Å². The first-order valence-electron chi connectivity index (χ1n) is 5.29. The molecule has 0 fully saturated rings. The fraction of sp³-hybridized carbons (Fsp3) is 0.250. The first-order valence-corrected chi connectivity index (χ1v) is 6.08. The Labute approximate surface area is 108 Å². The average molecular weight is 298 g/mol. The van der Waals surface area contributed by atoms with Crippen molar-refractivity contribution >= 4 is 15.9 Å². The Morgan fingerprint density at radius 2 is 2.29 bits per heavy atom. The molecule has 1 N–H and O–H groups in total. The lowest BCUT2D eigenvalue weighted by atomic mass is 10.2. The molecule has 1 heterocycles. The highest BCUT2D eigenvalue weighted by Crippen LogP contribution is 2.16. The fourth-order valence-electron chi connectivity index (χ4n) is 1.63. The minimum absolute atomic E-state index is 0.209. The lowest BCUT2D eigenvalue weighted by Gasteiger charge is -2.04. The van der Waals surface area contributed by atoms with Gasteiger partial charge in [-0.1, -0.05) is 15.9 Å². The summed E-state index contributed by atoms with van der Waals surface area (Å²) >= 11 is 3.33. The number of aromatic nitrogens is 2. The van der Waals surface area contributed by atoms with Gasteiger partial charge in [0.25, 0.3) is 0 Å². The highest BCUT2D eigenvalue weighted by molar-refractivity contribution is 9.10. The third-order valence-electron chi connectivity index (χ3n) is 2.41. The van der Waals surface area contributed by atoms with Crippen molar-refractivity contribution in [1.82, 2.24) is 15.1 Å². The largest absolute Gasteiger partial charge is 0.316 e. The topological polar surface area (TPSA) is 29.9 Å². The van der Waals surface area contributed by atoms with Crippen LogP contribution in [0.2, 0.25) is 0 Å². The van der Waals surface area contributed by atoms with Crippen LogP contribution in [0.4, 0.5) is 4.39 Å². The zero-order valence-electron chi connectivity index (χ0n) is 9.45. The average Bonchev–Trinajstić information content (AvgIpc) is 2.72. The van der Waals surface area contributed by atoms with Gasteiger partial charge in [-0.05, 0) is 25.2 Å². The molecule has 0 radical (unpaired) electrons. The zero-order valence-corrected chi connectivity index (χ0v) is 11.0. The normalized spacial score (nSPS) is 10.8. The standard InChI is InChI=1S/C12H13BrFN3/c1-15-5-9-6-16-17(7-9)8-10-4-11(13)2-3-12(10)14/h2-4,6-7,15H,5,8H2,1H3. The van der Waals surface area contributed by atoms with E-state index in [0.29, 0.717) is 12.1 Å². The number of halogens is 2. The molecule has 90 valence electrons. The second-order valence-corrected chi connectivity index (χ2v) is 4.73. The summed E-state index contributed by atoms with van der Waals surface area (Å²) in [5.74, 6) is -0.209. The Hall–Kier alpha value is -1.20. The minimum Gasteiger partial charge on any atom is -0.316 e. The van der Waals surface area contributed by atoms with Crippen LogP contribution in [-0.2, 0) is 13.1 Å². The number of hydrogen-bond donors (Lipinski definition) is 1. The van der Waals surface area contributed by atoms with Gasteiger partial charge >= 0.3 is 0 Å². The van der Waals surface area contributed by atoms with E-state index in [9.17, 15) is 4.39 Å². The van der Waals surface area contributed by atoms with Crippen molar-refractivity contribution in [2.24, 2.45) is 0 Å². The first-order chi connectivity index (χ1) is 8.19. The van der Waals surface area contributed by atoms with E-state index in [2.05, 4.69) is 26.3 Å². The van der Waals surface area contributed by atoms with Crippen LogP contribution in [0.1, 0.15) is 11.1 Å². The SMILES string of the molecule is CNCc1cnn(Cc2cc(Br)ccc2F)c1. The monoisotopic (exact) mass is 297 g/mol. The first kappa shape index (κ1) is 12.3. The molecule has 0 atom stereocenters. The van der Waals surface area contributed by atoms with Crippen LogP contribution in [0.5, 0.6) is 0 Å². The fourth-order valence-corrected chi connectivity index (χ4v) is 2.04. The van der Waals surface area contributed by atoms with Gasteiger partial charge in [0.1, 0.15) is 5.82 Å². The molecule has 17 heavy (non-hydrogen) atoms. The molecule has 0 bridgehead atoms. The third-order valence-corrected chi connectivity index (χ3v) is 2.90. The maximum Gasteiger partial charge on any atom is 0.128 e. The molecule has 0 amide bonds. The molecule has 5 heteroatoms. The van der Waals surface area contributed by atoms with Crippen LogP contribution in [0.3, 0.4) is 0 Å². The van der Waals surface area contributed by atoms with Gasteiger partial charge in [0.05, 0.1) is 12.7 Å². The molecule has 0 aliphatic heterocycles. The molecule has 0 aliphatic rings. The number of hydrogen-bond acceptors (Lipinski definition) is 2. The summed E-state index contributed by atoms with van der Waals surface area (Å²) < 4.78 is 16.1. The summed E-state index contributed by atoms with van der Waals surface area (Å²) in [5.41, 5.74) is 1.71. The molecule has 1 aromatic carbocycles. The Kier molecular flexibility index (Phi) is 3.91. The minimum atomic E-state index is -0.209. The van der Waals surface area contributed by atoms with Crippen LogP contribution >= 0.6 is 15.9 Å². The van der Waals surface area contributed by atoms with Gasteiger partial charge in [-0.15, -0.1) is 0 Å². The molecule has 3 nitrogen and oxygen atoms in total. The maximum absolute atomic E-state index is 13.5. The van der Waals surface area contributed by atoms with Crippen molar-refractivity contribution in [3.63, 3.8) is 0 Å². The van der Waals surface area contributed by atoms with Crippen molar-refractivity contribution in [3.05, 3.63) is 52.0 Å². The second kappa shape index (κ2) is 5.42. The molecule has 0 unspecified atom stereocenters. The molecular formula is C12H13BrFN3. The van der Waals surface area contributed by atoms with Crippen molar-refractivity contribution < 1.29 is 4.39 Å². The second-order valence-electron chi connectivity index (χ2n) is 3.81. The number of nitrogens with zero attached hydrogens (tertiary/aromatic N) is 2. The van der Waals surface area contributed by atoms with Crippen LogP contribution in [0.25, 0.3) is 0 Å². The van der Waals surface area contributed by atoms with Gasteiger partial charge in [-0.3, -0.25) is 4.68 Å². The summed E-state index contributed by atoms with van der Waals surface area (Å²) in [4.78, 5) is 0. The maximum atomic E-state index is 13.5. The van der Waals surface area contributed by atoms with Gasteiger partial charge in [-0.2, -0.15) is 5.10 Å². The van der Waals surface area contributed by atoms with Crippen molar-refractivity contribution in [2.45, 2.75) is 13.1 Å². The molecular weight excluding hydrogens is 285 g/mol. The summed E-state index contributed by atoms with van der Waals surface area (Å²) in [7, 11) is 1.88. The lowest BCUT2D eigenvalue weighted by molar-refractivity contribution is 0.584. The highest BCUT2D eigenvalue weighted by Gasteiger charge is 2.05.